The summed E-state index contributed by atoms with van der Waals surface area (Å²) < 4.78 is 0. The minimum Gasteiger partial charge on any atom is -0.396 e. The van der Waals surface area contributed by atoms with Crippen LogP contribution in [0.15, 0.2) is 11.1 Å². The quantitative estimate of drug-likeness (QED) is 0.603. The third-order valence-corrected chi connectivity index (χ3v) is 2.35. The summed E-state index contributed by atoms with van der Waals surface area (Å²) in [4.78, 5) is 0. The van der Waals surface area contributed by atoms with Crippen LogP contribution in [0.1, 0.15) is 32.6 Å². The van der Waals surface area contributed by atoms with Gasteiger partial charge in [0, 0.05) is 6.61 Å². The van der Waals surface area contributed by atoms with Crippen LogP contribution in [0.3, 0.4) is 0 Å². The second-order valence-electron chi connectivity index (χ2n) is 3.19. The summed E-state index contributed by atoms with van der Waals surface area (Å²) in [7, 11) is 0. The Balaban J connectivity index is 2.46. The minimum absolute atomic E-state index is 0.221. The molecule has 0 radical (unpaired) electrons. The lowest BCUT2D eigenvalue weighted by Gasteiger charge is -2.07. The van der Waals surface area contributed by atoms with Gasteiger partial charge in [-0.1, -0.05) is 5.57 Å². The van der Waals surface area contributed by atoms with Crippen molar-refractivity contribution in [2.45, 2.75) is 38.7 Å². The number of hydrogen-bond acceptors (Lipinski definition) is 2. The van der Waals surface area contributed by atoms with Crippen molar-refractivity contribution in [2.24, 2.45) is 0 Å². The molecular formula is C9H16O2. The summed E-state index contributed by atoms with van der Waals surface area (Å²) in [5.74, 6) is 0. The molecule has 0 unspecified atom stereocenters. The van der Waals surface area contributed by atoms with Gasteiger partial charge in [0.2, 0.25) is 0 Å². The molecule has 0 aliphatic heterocycles. The minimum atomic E-state index is -0.221. The van der Waals surface area contributed by atoms with Gasteiger partial charge in [0.1, 0.15) is 0 Å². The molecule has 1 aliphatic carbocycles. The molecule has 1 aliphatic rings. The predicted molar refractivity (Wildman–Crippen MR) is 44.3 cm³/mol. The fourth-order valence-corrected chi connectivity index (χ4v) is 1.62. The van der Waals surface area contributed by atoms with Crippen LogP contribution in [-0.2, 0) is 0 Å². The Labute approximate surface area is 67.6 Å². The number of hydrogen-bond donors (Lipinski definition) is 2. The molecule has 0 heterocycles. The van der Waals surface area contributed by atoms with Gasteiger partial charge >= 0.3 is 0 Å². The molecule has 2 nitrogen and oxygen atoms in total. The van der Waals surface area contributed by atoms with Crippen LogP contribution in [-0.4, -0.2) is 22.9 Å². The van der Waals surface area contributed by atoms with E-state index in [4.69, 9.17) is 5.11 Å². The first kappa shape index (κ1) is 8.75. The van der Waals surface area contributed by atoms with E-state index in [0.29, 0.717) is 0 Å². The lowest BCUT2D eigenvalue weighted by molar-refractivity contribution is 0.204. The highest BCUT2D eigenvalue weighted by atomic mass is 16.3. The molecule has 1 atom stereocenters. The van der Waals surface area contributed by atoms with Crippen molar-refractivity contribution >= 4 is 0 Å². The number of aliphatic hydroxyl groups is 2. The third-order valence-electron chi connectivity index (χ3n) is 2.35. The molecule has 1 rings (SSSR count). The number of aliphatic hydroxyl groups excluding tert-OH is 2. The zero-order valence-corrected chi connectivity index (χ0v) is 7.01. The molecule has 0 fully saturated rings. The van der Waals surface area contributed by atoms with Gasteiger partial charge in [-0.15, -0.1) is 0 Å². The standard InChI is InChI=1S/C9H16O2/c1-7-4-5-9(11)8(7)3-2-6-10/h9-11H,2-6H2,1H3/t9-/m0/s1. The van der Waals surface area contributed by atoms with Gasteiger partial charge in [0.05, 0.1) is 6.10 Å². The zero-order valence-electron chi connectivity index (χ0n) is 7.01. The van der Waals surface area contributed by atoms with Crippen LogP contribution in [0.2, 0.25) is 0 Å². The summed E-state index contributed by atoms with van der Waals surface area (Å²) >= 11 is 0. The smallest absolute Gasteiger partial charge is 0.0755 e. The second-order valence-corrected chi connectivity index (χ2v) is 3.19. The van der Waals surface area contributed by atoms with Crippen LogP contribution >= 0.6 is 0 Å². The van der Waals surface area contributed by atoms with Crippen LogP contribution in [0.4, 0.5) is 0 Å². The Morgan fingerprint density at radius 2 is 2.27 bits per heavy atom. The lowest BCUT2D eigenvalue weighted by atomic mass is 10.1. The maximum Gasteiger partial charge on any atom is 0.0755 e. The van der Waals surface area contributed by atoms with Gasteiger partial charge in [-0.25, -0.2) is 0 Å². The van der Waals surface area contributed by atoms with Crippen LogP contribution in [0.25, 0.3) is 0 Å². The van der Waals surface area contributed by atoms with E-state index in [0.717, 1.165) is 25.7 Å². The number of rotatable bonds is 3. The molecule has 0 bridgehead atoms. The highest BCUT2D eigenvalue weighted by molar-refractivity contribution is 5.22. The Hall–Kier alpha value is -0.340. The average molecular weight is 156 g/mol. The van der Waals surface area contributed by atoms with Crippen LogP contribution in [0, 0.1) is 0 Å². The van der Waals surface area contributed by atoms with E-state index in [-0.39, 0.29) is 12.7 Å². The van der Waals surface area contributed by atoms with Crippen molar-refractivity contribution in [1.29, 1.82) is 0 Å². The molecule has 2 N–H and O–H groups in total. The molecule has 0 aromatic rings. The van der Waals surface area contributed by atoms with Crippen molar-refractivity contribution in [2.75, 3.05) is 6.61 Å². The summed E-state index contributed by atoms with van der Waals surface area (Å²) in [6, 6.07) is 0. The normalized spacial score (nSPS) is 24.8. The third kappa shape index (κ3) is 2.04. The average Bonchev–Trinajstić information content (AvgIpc) is 2.29. The zero-order chi connectivity index (χ0) is 8.27. The van der Waals surface area contributed by atoms with Crippen LogP contribution < -0.4 is 0 Å². The maximum atomic E-state index is 9.45. The van der Waals surface area contributed by atoms with E-state index in [1.54, 1.807) is 0 Å². The van der Waals surface area contributed by atoms with Gasteiger partial charge in [-0.3, -0.25) is 0 Å². The Morgan fingerprint density at radius 1 is 1.55 bits per heavy atom. The molecule has 0 saturated carbocycles. The van der Waals surface area contributed by atoms with Crippen LogP contribution in [0.5, 0.6) is 0 Å². The molecule has 0 amide bonds. The second kappa shape index (κ2) is 3.88. The van der Waals surface area contributed by atoms with E-state index >= 15 is 0 Å². The topological polar surface area (TPSA) is 40.5 Å². The van der Waals surface area contributed by atoms with Crippen molar-refractivity contribution in [3.63, 3.8) is 0 Å². The summed E-state index contributed by atoms with van der Waals surface area (Å²) in [6.07, 6.45) is 3.34. The van der Waals surface area contributed by atoms with Crippen molar-refractivity contribution in [3.8, 4) is 0 Å². The SMILES string of the molecule is CC1=C(CCCO)[C@@H](O)CC1. The van der Waals surface area contributed by atoms with E-state index < -0.39 is 0 Å². The molecular weight excluding hydrogens is 140 g/mol. The van der Waals surface area contributed by atoms with Gasteiger partial charge < -0.3 is 10.2 Å². The van der Waals surface area contributed by atoms with E-state index in [2.05, 4.69) is 6.92 Å². The first-order valence-corrected chi connectivity index (χ1v) is 4.23. The van der Waals surface area contributed by atoms with E-state index in [9.17, 15) is 5.11 Å². The van der Waals surface area contributed by atoms with Gasteiger partial charge in [0.25, 0.3) is 0 Å². The first-order chi connectivity index (χ1) is 5.25. The lowest BCUT2D eigenvalue weighted by Crippen LogP contribution is -2.05. The van der Waals surface area contributed by atoms with E-state index in [1.807, 2.05) is 0 Å². The largest absolute Gasteiger partial charge is 0.396 e. The number of allylic oxidation sites excluding steroid dienone is 1. The van der Waals surface area contributed by atoms with Crippen molar-refractivity contribution in [1.82, 2.24) is 0 Å². The monoisotopic (exact) mass is 156 g/mol. The molecule has 64 valence electrons. The summed E-state index contributed by atoms with van der Waals surface area (Å²) in [5, 5.41) is 18.0. The molecule has 0 aromatic carbocycles. The maximum absolute atomic E-state index is 9.45. The first-order valence-electron chi connectivity index (χ1n) is 4.23. The Kier molecular flexibility index (Phi) is 3.09. The summed E-state index contributed by atoms with van der Waals surface area (Å²) in [6.45, 7) is 2.30. The Bertz CT molecular complexity index is 161. The highest BCUT2D eigenvalue weighted by Crippen LogP contribution is 2.28. The van der Waals surface area contributed by atoms with E-state index in [1.165, 1.54) is 11.1 Å². The summed E-state index contributed by atoms with van der Waals surface area (Å²) in [5.41, 5.74) is 2.49. The predicted octanol–water partition coefficient (Wildman–Crippen LogP) is 1.23. The highest BCUT2D eigenvalue weighted by Gasteiger charge is 2.19. The van der Waals surface area contributed by atoms with Crippen molar-refractivity contribution < 1.29 is 10.2 Å². The van der Waals surface area contributed by atoms with Crippen molar-refractivity contribution in [3.05, 3.63) is 11.1 Å². The molecule has 11 heavy (non-hydrogen) atoms. The molecule has 0 spiro atoms. The molecule has 0 saturated heterocycles. The van der Waals surface area contributed by atoms with Gasteiger partial charge in [-0.05, 0) is 38.2 Å². The van der Waals surface area contributed by atoms with Gasteiger partial charge in [0.15, 0.2) is 0 Å². The molecule has 0 aromatic heterocycles. The Morgan fingerprint density at radius 3 is 2.73 bits per heavy atom. The fourth-order valence-electron chi connectivity index (χ4n) is 1.62. The van der Waals surface area contributed by atoms with Gasteiger partial charge in [-0.2, -0.15) is 0 Å². The molecule has 2 heteroatoms. The fraction of sp³-hybridized carbons (Fsp3) is 0.778.